The molecule has 42 valence electrons. The topological polar surface area (TPSA) is 57.5 Å². The molecule has 8 heavy (non-hydrogen) atoms. The molecule has 0 aliphatic heterocycles. The first-order valence-corrected chi connectivity index (χ1v) is 2.06. The van der Waals surface area contributed by atoms with E-state index >= 15 is 0 Å². The lowest BCUT2D eigenvalue weighted by Crippen LogP contribution is -1.78. The number of aliphatic hydroxyl groups excluding tert-OH is 2. The minimum atomic E-state index is -0.375. The van der Waals surface area contributed by atoms with Crippen LogP contribution in [0.2, 0.25) is 0 Å². The van der Waals surface area contributed by atoms with Gasteiger partial charge in [0.15, 0.2) is 17.3 Å². The van der Waals surface area contributed by atoms with Crippen molar-refractivity contribution in [2.75, 3.05) is 0 Å². The van der Waals surface area contributed by atoms with Crippen molar-refractivity contribution in [1.29, 1.82) is 0 Å². The lowest BCUT2D eigenvalue weighted by Gasteiger charge is -1.85. The van der Waals surface area contributed by atoms with E-state index in [9.17, 15) is 4.79 Å². The van der Waals surface area contributed by atoms with Gasteiger partial charge in [-0.25, -0.2) is 0 Å². The number of hydrogen-bond donors (Lipinski definition) is 2. The zero-order valence-electron chi connectivity index (χ0n) is 3.96. The smallest absolute Gasteiger partial charge is 0.186 e. The SMILES string of the molecule is O=C1C=C(O)C(O)=C1. The molecule has 0 aromatic rings. The molecule has 0 aromatic heterocycles. The predicted molar refractivity (Wildman–Crippen MR) is 26.4 cm³/mol. The molecule has 0 unspecified atom stereocenters. The Bertz CT molecular complexity index is 168. The molecule has 0 heterocycles. The summed E-state index contributed by atoms with van der Waals surface area (Å²) in [5, 5.41) is 17.0. The van der Waals surface area contributed by atoms with Crippen LogP contribution in [0.15, 0.2) is 23.7 Å². The number of hydrogen-bond acceptors (Lipinski definition) is 3. The van der Waals surface area contributed by atoms with Crippen molar-refractivity contribution in [3.05, 3.63) is 23.7 Å². The molecule has 1 aliphatic rings. The minimum absolute atomic E-state index is 0.352. The van der Waals surface area contributed by atoms with Crippen molar-refractivity contribution in [3.63, 3.8) is 0 Å². The van der Waals surface area contributed by atoms with Crippen molar-refractivity contribution >= 4 is 5.78 Å². The van der Waals surface area contributed by atoms with Crippen LogP contribution in [0.3, 0.4) is 0 Å². The molecule has 2 N–H and O–H groups in total. The highest BCUT2D eigenvalue weighted by molar-refractivity contribution is 6.03. The van der Waals surface area contributed by atoms with Gasteiger partial charge in [0.1, 0.15) is 0 Å². The highest BCUT2D eigenvalue weighted by atomic mass is 16.3. The van der Waals surface area contributed by atoms with E-state index in [1.54, 1.807) is 0 Å². The van der Waals surface area contributed by atoms with Crippen LogP contribution in [-0.4, -0.2) is 16.0 Å². The lowest BCUT2D eigenvalue weighted by molar-refractivity contribution is -0.110. The quantitative estimate of drug-likeness (QED) is 0.478. The summed E-state index contributed by atoms with van der Waals surface area (Å²) in [6, 6.07) is 0. The van der Waals surface area contributed by atoms with Crippen molar-refractivity contribution in [3.8, 4) is 0 Å². The molecule has 0 atom stereocenters. The Hall–Kier alpha value is -1.25. The molecule has 3 heteroatoms. The molecule has 0 aromatic carbocycles. The molecule has 0 spiro atoms. The fourth-order valence-corrected chi connectivity index (χ4v) is 0.459. The van der Waals surface area contributed by atoms with Gasteiger partial charge in [0.05, 0.1) is 0 Å². The van der Waals surface area contributed by atoms with E-state index < -0.39 is 0 Å². The van der Waals surface area contributed by atoms with Crippen LogP contribution in [-0.2, 0) is 4.79 Å². The minimum Gasteiger partial charge on any atom is -0.504 e. The molecule has 1 rings (SSSR count). The number of carbonyl (C=O) groups is 1. The Labute approximate surface area is 45.6 Å². The zero-order valence-corrected chi connectivity index (χ0v) is 3.96. The highest BCUT2D eigenvalue weighted by Gasteiger charge is 2.11. The second-order valence-electron chi connectivity index (χ2n) is 1.46. The van der Waals surface area contributed by atoms with Crippen LogP contribution < -0.4 is 0 Å². The van der Waals surface area contributed by atoms with Crippen molar-refractivity contribution in [1.82, 2.24) is 0 Å². The van der Waals surface area contributed by atoms with Crippen LogP contribution in [0, 0.1) is 0 Å². The summed E-state index contributed by atoms with van der Waals surface area (Å²) in [6.45, 7) is 0. The second kappa shape index (κ2) is 1.36. The van der Waals surface area contributed by atoms with E-state index in [1.165, 1.54) is 0 Å². The van der Waals surface area contributed by atoms with Crippen molar-refractivity contribution in [2.45, 2.75) is 0 Å². The van der Waals surface area contributed by atoms with E-state index in [0.29, 0.717) is 0 Å². The molecule has 0 saturated heterocycles. The fraction of sp³-hybridized carbons (Fsp3) is 0. The van der Waals surface area contributed by atoms with Gasteiger partial charge in [-0.05, 0) is 0 Å². The van der Waals surface area contributed by atoms with E-state index in [4.69, 9.17) is 10.2 Å². The Morgan fingerprint density at radius 3 is 1.62 bits per heavy atom. The third-order valence-electron chi connectivity index (χ3n) is 0.820. The van der Waals surface area contributed by atoms with Gasteiger partial charge < -0.3 is 10.2 Å². The Kier molecular flexibility index (Phi) is 0.836. The molecule has 0 radical (unpaired) electrons. The summed E-state index contributed by atoms with van der Waals surface area (Å²) in [5.41, 5.74) is 0. The average Bonchev–Trinajstić information content (AvgIpc) is 1.85. The molecule has 0 bridgehead atoms. The van der Waals surface area contributed by atoms with Crippen LogP contribution in [0.1, 0.15) is 0 Å². The third kappa shape index (κ3) is 0.578. The summed E-state index contributed by atoms with van der Waals surface area (Å²) in [4.78, 5) is 10.2. The van der Waals surface area contributed by atoms with Crippen molar-refractivity contribution < 1.29 is 15.0 Å². The van der Waals surface area contributed by atoms with Gasteiger partial charge in [0.2, 0.25) is 0 Å². The van der Waals surface area contributed by atoms with Gasteiger partial charge in [-0.2, -0.15) is 0 Å². The first-order valence-electron chi connectivity index (χ1n) is 2.06. The molecule has 1 aliphatic carbocycles. The van der Waals surface area contributed by atoms with Crippen LogP contribution in [0.4, 0.5) is 0 Å². The highest BCUT2D eigenvalue weighted by Crippen LogP contribution is 2.09. The van der Waals surface area contributed by atoms with E-state index in [1.807, 2.05) is 0 Å². The molecular weight excluding hydrogens is 108 g/mol. The summed E-state index contributed by atoms with van der Waals surface area (Å²) < 4.78 is 0. The Morgan fingerprint density at radius 1 is 1.12 bits per heavy atom. The Morgan fingerprint density at radius 2 is 1.50 bits per heavy atom. The normalized spacial score (nSPS) is 18.2. The summed E-state index contributed by atoms with van der Waals surface area (Å²) in [6.07, 6.45) is 1.91. The predicted octanol–water partition coefficient (Wildman–Crippen LogP) is 0.453. The maximum atomic E-state index is 10.2. The van der Waals surface area contributed by atoms with Crippen LogP contribution in [0.5, 0.6) is 0 Å². The lowest BCUT2D eigenvalue weighted by atomic mass is 10.4. The van der Waals surface area contributed by atoms with Gasteiger partial charge in [-0.1, -0.05) is 0 Å². The largest absolute Gasteiger partial charge is 0.504 e. The summed E-state index contributed by atoms with van der Waals surface area (Å²) in [5.74, 6) is -1.08. The first kappa shape index (κ1) is 4.90. The Balaban J connectivity index is 2.98. The van der Waals surface area contributed by atoms with Crippen LogP contribution in [0.25, 0.3) is 0 Å². The monoisotopic (exact) mass is 112 g/mol. The van der Waals surface area contributed by atoms with E-state index in [0.717, 1.165) is 12.2 Å². The maximum absolute atomic E-state index is 10.2. The van der Waals surface area contributed by atoms with Gasteiger partial charge >= 0.3 is 0 Å². The number of allylic oxidation sites excluding steroid dienone is 2. The summed E-state index contributed by atoms with van der Waals surface area (Å²) >= 11 is 0. The second-order valence-corrected chi connectivity index (χ2v) is 1.46. The third-order valence-corrected chi connectivity index (χ3v) is 0.820. The number of carbonyl (C=O) groups excluding carboxylic acids is 1. The molecular formula is C5H4O3. The van der Waals surface area contributed by atoms with Gasteiger partial charge in [-0.3, -0.25) is 4.79 Å². The molecule has 3 nitrogen and oxygen atoms in total. The molecule has 0 fully saturated rings. The van der Waals surface area contributed by atoms with E-state index in [-0.39, 0.29) is 17.3 Å². The standard InChI is InChI=1S/C5H4O3/c6-3-1-4(7)5(8)2-3/h1-2,7-8H. The number of ketones is 1. The first-order chi connectivity index (χ1) is 3.70. The summed E-state index contributed by atoms with van der Waals surface area (Å²) in [7, 11) is 0. The van der Waals surface area contributed by atoms with Crippen LogP contribution >= 0.6 is 0 Å². The number of aliphatic hydroxyl groups is 2. The average molecular weight is 112 g/mol. The maximum Gasteiger partial charge on any atom is 0.186 e. The zero-order chi connectivity index (χ0) is 6.15. The molecule has 0 amide bonds. The van der Waals surface area contributed by atoms with Gasteiger partial charge in [0.25, 0.3) is 0 Å². The van der Waals surface area contributed by atoms with Crippen molar-refractivity contribution in [2.24, 2.45) is 0 Å². The fourth-order valence-electron chi connectivity index (χ4n) is 0.459. The molecule has 0 saturated carbocycles. The number of rotatable bonds is 0. The van der Waals surface area contributed by atoms with Gasteiger partial charge in [0, 0.05) is 12.2 Å². The van der Waals surface area contributed by atoms with Gasteiger partial charge in [-0.15, -0.1) is 0 Å². The van der Waals surface area contributed by atoms with E-state index in [2.05, 4.69) is 0 Å².